The molecule has 0 bridgehead atoms. The van der Waals surface area contributed by atoms with Gasteiger partial charge in [-0.15, -0.1) is 16.9 Å². The Bertz CT molecular complexity index is 2060. The first-order chi connectivity index (χ1) is 29.4. The number of carbonyl (C=O) groups excluding carboxylic acids is 2. The summed E-state index contributed by atoms with van der Waals surface area (Å²) in [5, 5.41) is 73.2. The number of ether oxygens (including phenoxy) is 4. The molecule has 4 rings (SSSR count). The Morgan fingerprint density at radius 3 is 2.37 bits per heavy atom. The quantitative estimate of drug-likeness (QED) is 0.0398. The second-order valence-electron chi connectivity index (χ2n) is 16.0. The number of nitro benzene ring substituents is 1. The molecule has 18 nitrogen and oxygen atoms in total. The fourth-order valence-corrected chi connectivity index (χ4v) is 7.05. The van der Waals surface area contributed by atoms with Crippen molar-refractivity contribution < 1.29 is 53.9 Å². The van der Waals surface area contributed by atoms with E-state index in [9.17, 15) is 40.1 Å². The predicted octanol–water partition coefficient (Wildman–Crippen LogP) is 4.64. The zero-order valence-electron chi connectivity index (χ0n) is 36.1. The minimum atomic E-state index is -1.79. The van der Waals surface area contributed by atoms with Crippen molar-refractivity contribution in [3.8, 4) is 11.8 Å². The number of nitro groups is 1. The highest BCUT2D eigenvalue weighted by molar-refractivity contribution is 8.07. The van der Waals surface area contributed by atoms with Crippen LogP contribution in [0, 0.1) is 27.4 Å². The minimum Gasteiger partial charge on any atom is -0.457 e. The molecule has 0 saturated carbocycles. The Morgan fingerprint density at radius 1 is 1.08 bits per heavy atom. The Morgan fingerprint density at radius 2 is 1.77 bits per heavy atom. The summed E-state index contributed by atoms with van der Waals surface area (Å²) < 4.78 is 24.8. The third kappa shape index (κ3) is 13.0. The normalized spacial score (nSPS) is 21.6. The number of thioether (sulfide) groups is 1. The van der Waals surface area contributed by atoms with Crippen molar-refractivity contribution in [1.82, 2.24) is 20.3 Å². The van der Waals surface area contributed by atoms with E-state index < -0.39 is 77.1 Å². The van der Waals surface area contributed by atoms with Gasteiger partial charge in [-0.3, -0.25) is 24.4 Å². The van der Waals surface area contributed by atoms with Crippen LogP contribution in [-0.2, 0) is 32.0 Å². The molecule has 8 atom stereocenters. The molecule has 62 heavy (non-hydrogen) atoms. The van der Waals surface area contributed by atoms with Gasteiger partial charge in [0.05, 0.1) is 34.8 Å². The van der Waals surface area contributed by atoms with E-state index in [0.29, 0.717) is 50.1 Å². The van der Waals surface area contributed by atoms with Gasteiger partial charge in [0.1, 0.15) is 30.5 Å². The van der Waals surface area contributed by atoms with Crippen LogP contribution < -0.4 is 10.1 Å². The molecular weight excluding hydrogens is 825 g/mol. The second kappa shape index (κ2) is 22.4. The van der Waals surface area contributed by atoms with Crippen molar-refractivity contribution in [2.75, 3.05) is 19.5 Å². The fourth-order valence-electron chi connectivity index (χ4n) is 6.51. The molecule has 0 aliphatic carbocycles. The zero-order valence-corrected chi connectivity index (χ0v) is 36.9. The molecule has 0 radical (unpaired) electrons. The van der Waals surface area contributed by atoms with Crippen LogP contribution in [0.5, 0.6) is 5.75 Å². The lowest BCUT2D eigenvalue weighted by molar-refractivity contribution is -0.387. The number of benzene rings is 2. The first-order valence-electron chi connectivity index (χ1n) is 20.5. The van der Waals surface area contributed by atoms with Crippen LogP contribution in [0.1, 0.15) is 101 Å². The van der Waals surface area contributed by atoms with Gasteiger partial charge in [-0.25, -0.2) is 0 Å². The van der Waals surface area contributed by atoms with Crippen LogP contribution in [0.3, 0.4) is 0 Å². The molecule has 3 aromatic rings. The summed E-state index contributed by atoms with van der Waals surface area (Å²) in [4.78, 5) is 38.4. The lowest BCUT2D eigenvalue weighted by atomic mass is 9.93. The summed E-state index contributed by atoms with van der Waals surface area (Å²) in [5.74, 6) is -1.61. The van der Waals surface area contributed by atoms with Crippen molar-refractivity contribution in [1.29, 1.82) is 5.26 Å². The molecule has 1 aliphatic rings. The molecular formula is C43H58N6O12S. The summed E-state index contributed by atoms with van der Waals surface area (Å²) in [7, 11) is 0. The number of esters is 1. The van der Waals surface area contributed by atoms with E-state index in [4.69, 9.17) is 24.2 Å². The van der Waals surface area contributed by atoms with Crippen LogP contribution in [0.2, 0.25) is 0 Å². The van der Waals surface area contributed by atoms with Crippen molar-refractivity contribution in [2.45, 2.75) is 128 Å². The van der Waals surface area contributed by atoms with Crippen LogP contribution in [0.4, 0.5) is 5.69 Å². The van der Waals surface area contributed by atoms with Gasteiger partial charge < -0.3 is 44.7 Å². The monoisotopic (exact) mass is 882 g/mol. The molecule has 1 aromatic heterocycles. The SMILES string of the molecule is CCC(C)(CCOC(C)(CC)CCn1cc(CC(OC(=O)C(C)C)c2ccc(O[C@@H]3O[C@H](CO)[C@H](O)[C@H](O)[C@H]3O)c([N+](=O)[O-])c2)nn1)NC(=O)c1ccc(/C(=C\C#N)SC)cc1. The molecule has 19 heteroatoms. The number of rotatable bonds is 22. The van der Waals surface area contributed by atoms with Crippen molar-refractivity contribution >= 4 is 34.2 Å². The second-order valence-corrected chi connectivity index (χ2v) is 16.8. The Hall–Kier alpha value is -4.94. The standard InChI is InChI=1S/C43H58N6O12S/c1-8-42(5,45-39(54)28-12-10-27(11-13-28)35(62-7)16-19-44)18-21-58-43(6,9-2)17-20-48-24-30(46-47-48)23-33(59-40(55)26(3)4)29-14-15-32(31(22-29)49(56)57)60-41-38(53)37(52)36(51)34(25-50)61-41/h10-16,22,24,26,33-34,36-38,41,50-53H,8-9,17-18,20-21,23,25H2,1-7H3,(H,45,54)/b35-16+/t33?,34-,36+,37+,38-,41-,42?,43?/m1/s1. The number of nitriles is 1. The third-order valence-corrected chi connectivity index (χ3v) is 11.9. The van der Waals surface area contributed by atoms with Crippen molar-refractivity contribution in [2.24, 2.45) is 5.92 Å². The van der Waals surface area contributed by atoms with Gasteiger partial charge in [0.25, 0.3) is 5.91 Å². The number of amides is 1. The maximum absolute atomic E-state index is 13.2. The Kier molecular flexibility index (Phi) is 18.0. The molecule has 1 aliphatic heterocycles. The summed E-state index contributed by atoms with van der Waals surface area (Å²) in [6.45, 7) is 11.4. The fraction of sp³-hybridized carbons (Fsp3) is 0.558. The smallest absolute Gasteiger partial charge is 0.311 e. The first kappa shape index (κ1) is 49.7. The Labute approximate surface area is 365 Å². The largest absolute Gasteiger partial charge is 0.457 e. The van der Waals surface area contributed by atoms with Crippen LogP contribution in [-0.4, -0.2) is 114 Å². The van der Waals surface area contributed by atoms with Crippen LogP contribution in [0.25, 0.3) is 4.91 Å². The number of nitrogens with zero attached hydrogens (tertiary/aromatic N) is 5. The number of hydrogen-bond donors (Lipinski definition) is 5. The number of hydrogen-bond acceptors (Lipinski definition) is 16. The molecule has 2 heterocycles. The highest BCUT2D eigenvalue weighted by Gasteiger charge is 2.45. The first-order valence-corrected chi connectivity index (χ1v) is 21.7. The maximum Gasteiger partial charge on any atom is 0.311 e. The maximum atomic E-state index is 13.2. The van der Waals surface area contributed by atoms with Gasteiger partial charge >= 0.3 is 11.7 Å². The molecule has 5 N–H and O–H groups in total. The van der Waals surface area contributed by atoms with E-state index in [-0.39, 0.29) is 23.6 Å². The highest BCUT2D eigenvalue weighted by atomic mass is 32.2. The average molecular weight is 883 g/mol. The molecule has 1 fully saturated rings. The lowest BCUT2D eigenvalue weighted by Crippen LogP contribution is -2.60. The molecule has 2 aromatic carbocycles. The molecule has 1 saturated heterocycles. The summed E-state index contributed by atoms with van der Waals surface area (Å²) >= 11 is 1.46. The number of aliphatic hydroxyl groups excluding tert-OH is 4. The van der Waals surface area contributed by atoms with Crippen LogP contribution >= 0.6 is 11.8 Å². The molecule has 0 spiro atoms. The van der Waals surface area contributed by atoms with E-state index in [1.807, 2.05) is 52.2 Å². The average Bonchev–Trinajstić information content (AvgIpc) is 3.71. The zero-order chi connectivity index (χ0) is 45.8. The Balaban J connectivity index is 1.40. The minimum absolute atomic E-state index is 0.0205. The van der Waals surface area contributed by atoms with E-state index >= 15 is 0 Å². The van der Waals surface area contributed by atoms with E-state index in [1.54, 1.807) is 36.9 Å². The van der Waals surface area contributed by atoms with E-state index in [0.717, 1.165) is 16.5 Å². The number of nitrogens with one attached hydrogen (secondary N) is 1. The molecule has 338 valence electrons. The predicted molar refractivity (Wildman–Crippen MR) is 228 cm³/mol. The van der Waals surface area contributed by atoms with Gasteiger partial charge in [-0.1, -0.05) is 51.1 Å². The van der Waals surface area contributed by atoms with Crippen molar-refractivity contribution in [3.05, 3.63) is 87.2 Å². The number of aromatic nitrogens is 3. The number of aryl methyl sites for hydroxylation is 1. The summed E-state index contributed by atoms with van der Waals surface area (Å²) in [5.41, 5.74) is 0.431. The van der Waals surface area contributed by atoms with Gasteiger partial charge in [-0.2, -0.15) is 5.26 Å². The topological polar surface area (TPSA) is 262 Å². The van der Waals surface area contributed by atoms with Crippen LogP contribution in [0.15, 0.2) is 54.7 Å². The summed E-state index contributed by atoms with van der Waals surface area (Å²) in [6, 6.07) is 13.1. The molecule has 3 unspecified atom stereocenters. The molecule has 1 amide bonds. The summed E-state index contributed by atoms with van der Waals surface area (Å²) in [6.07, 6.45) is -1.58. The van der Waals surface area contributed by atoms with Crippen molar-refractivity contribution in [3.63, 3.8) is 0 Å². The number of carbonyl (C=O) groups is 2. The highest BCUT2D eigenvalue weighted by Crippen LogP contribution is 2.35. The lowest BCUT2D eigenvalue weighted by Gasteiger charge is -2.39. The number of aliphatic hydroxyl groups is 4. The van der Waals surface area contributed by atoms with Gasteiger partial charge in [0.15, 0.2) is 5.75 Å². The third-order valence-electron chi connectivity index (χ3n) is 11.1. The van der Waals surface area contributed by atoms with Gasteiger partial charge in [0.2, 0.25) is 6.29 Å². The van der Waals surface area contributed by atoms with E-state index in [1.165, 1.54) is 30.0 Å². The van der Waals surface area contributed by atoms with Gasteiger partial charge in [0, 0.05) is 53.9 Å². The van der Waals surface area contributed by atoms with Gasteiger partial charge in [-0.05, 0) is 75.1 Å². The number of allylic oxidation sites excluding steroid dienone is 1. The van der Waals surface area contributed by atoms with E-state index in [2.05, 4.69) is 15.6 Å².